The summed E-state index contributed by atoms with van der Waals surface area (Å²) in [5, 5.41) is 31.1. The van der Waals surface area contributed by atoms with Crippen LogP contribution in [0.25, 0.3) is 0 Å². The third-order valence-electron chi connectivity index (χ3n) is 7.51. The summed E-state index contributed by atoms with van der Waals surface area (Å²) in [5.41, 5.74) is 5.09. The lowest BCUT2D eigenvalue weighted by atomic mass is 9.68. The molecule has 7 nitrogen and oxygen atoms in total. The molecule has 1 heterocycles. The van der Waals surface area contributed by atoms with E-state index in [2.05, 4.69) is 6.07 Å². The number of nitro benzene ring substituents is 1. The topological polar surface area (TPSA) is 111 Å². The molecule has 1 N–H and O–H groups in total. The summed E-state index contributed by atoms with van der Waals surface area (Å²) < 4.78 is 0. The number of rotatable bonds is 4. The van der Waals surface area contributed by atoms with Gasteiger partial charge in [-0.25, -0.2) is 0 Å². The number of ketones is 1. The van der Waals surface area contributed by atoms with E-state index in [1.165, 1.54) is 12.1 Å². The molecule has 0 radical (unpaired) electrons. The van der Waals surface area contributed by atoms with Gasteiger partial charge in [-0.2, -0.15) is 5.26 Å². The molecule has 0 saturated carbocycles. The van der Waals surface area contributed by atoms with Gasteiger partial charge >= 0.3 is 0 Å². The molecule has 5 rings (SSSR count). The molecule has 1 aliphatic heterocycles. The van der Waals surface area contributed by atoms with Crippen molar-refractivity contribution in [2.45, 2.75) is 38.5 Å². The number of nitrogens with one attached hydrogen (secondary N) is 1. The first-order valence-corrected chi connectivity index (χ1v) is 12.2. The molecular weight excluding hydrogens is 464 g/mol. The minimum Gasteiger partial charge on any atom is -0.301 e. The molecule has 0 fully saturated rings. The van der Waals surface area contributed by atoms with Crippen LogP contribution in [0.4, 0.5) is 11.4 Å². The number of hydrogen-bond acceptors (Lipinski definition) is 5. The van der Waals surface area contributed by atoms with Crippen LogP contribution < -0.4 is 4.90 Å². The maximum absolute atomic E-state index is 13.9. The maximum Gasteiger partial charge on any atom is 0.271 e. The van der Waals surface area contributed by atoms with Crippen molar-refractivity contribution in [1.82, 2.24) is 0 Å². The number of amidine groups is 1. The van der Waals surface area contributed by atoms with Crippen molar-refractivity contribution < 1.29 is 9.72 Å². The second-order valence-electron chi connectivity index (χ2n) is 9.69. The fourth-order valence-corrected chi connectivity index (χ4v) is 5.68. The van der Waals surface area contributed by atoms with Crippen LogP contribution >= 0.6 is 0 Å². The van der Waals surface area contributed by atoms with Gasteiger partial charge < -0.3 is 4.90 Å². The van der Waals surface area contributed by atoms with Crippen molar-refractivity contribution in [3.63, 3.8) is 0 Å². The number of nitro groups is 1. The number of benzene rings is 3. The van der Waals surface area contributed by atoms with Crippen LogP contribution in [-0.2, 0) is 4.79 Å². The predicted octanol–water partition coefficient (Wildman–Crippen LogP) is 6.33. The zero-order valence-corrected chi connectivity index (χ0v) is 20.6. The molecule has 3 aromatic rings. The van der Waals surface area contributed by atoms with Gasteiger partial charge in [0.2, 0.25) is 0 Å². The highest BCUT2D eigenvalue weighted by atomic mass is 16.6. The second kappa shape index (κ2) is 9.47. The summed E-state index contributed by atoms with van der Waals surface area (Å²) in [5.74, 6) is -1.62. The molecule has 7 heteroatoms. The van der Waals surface area contributed by atoms with E-state index in [9.17, 15) is 25.6 Å². The average Bonchev–Trinajstić information content (AvgIpc) is 2.89. The molecule has 0 spiro atoms. The first-order chi connectivity index (χ1) is 17.8. The van der Waals surface area contributed by atoms with E-state index in [-0.39, 0.29) is 23.2 Å². The van der Waals surface area contributed by atoms with Crippen molar-refractivity contribution in [2.24, 2.45) is 5.92 Å². The minimum absolute atomic E-state index is 0.0274. The summed E-state index contributed by atoms with van der Waals surface area (Å²) in [4.78, 5) is 26.7. The lowest BCUT2D eigenvalue weighted by Gasteiger charge is -2.44. The van der Waals surface area contributed by atoms with Gasteiger partial charge in [-0.05, 0) is 48.4 Å². The molecule has 37 heavy (non-hydrogen) atoms. The van der Waals surface area contributed by atoms with Crippen molar-refractivity contribution in [1.29, 1.82) is 10.7 Å². The largest absolute Gasteiger partial charge is 0.301 e. The summed E-state index contributed by atoms with van der Waals surface area (Å²) in [6.07, 6.45) is 0.786. The Bertz CT molecular complexity index is 1500. The number of Topliss-reactive ketones (excluding diaryl/α,β-unsaturated/α-hetero) is 1. The Morgan fingerprint density at radius 2 is 1.70 bits per heavy atom. The van der Waals surface area contributed by atoms with Crippen LogP contribution in [0.3, 0.4) is 0 Å². The Hall–Kier alpha value is -4.57. The number of anilines is 1. The zero-order chi connectivity index (χ0) is 26.3. The highest BCUT2D eigenvalue weighted by molar-refractivity contribution is 6.11. The quantitative estimate of drug-likeness (QED) is 0.339. The van der Waals surface area contributed by atoms with Gasteiger partial charge in [-0.15, -0.1) is 0 Å². The molecule has 3 atom stereocenters. The van der Waals surface area contributed by atoms with Gasteiger partial charge in [-0.3, -0.25) is 20.3 Å². The SMILES string of the molecule is Cc1ccccc1C1C2=C(CC(c3ccccc3)CC2=O)N(c2cc([N+](=O)[O-])ccc2C)C(=N)C1C#N. The van der Waals surface area contributed by atoms with E-state index >= 15 is 0 Å². The van der Waals surface area contributed by atoms with Gasteiger partial charge in [0.15, 0.2) is 5.78 Å². The van der Waals surface area contributed by atoms with Crippen LogP contribution in [0, 0.1) is 46.6 Å². The highest BCUT2D eigenvalue weighted by Crippen LogP contribution is 2.50. The number of nitriles is 1. The van der Waals surface area contributed by atoms with E-state index in [0.717, 1.165) is 22.3 Å². The minimum atomic E-state index is -0.921. The molecule has 3 unspecified atom stereocenters. The number of allylic oxidation sites excluding steroid dienone is 2. The van der Waals surface area contributed by atoms with E-state index in [1.807, 2.05) is 68.4 Å². The molecule has 0 amide bonds. The van der Waals surface area contributed by atoms with Crippen LogP contribution in [0.5, 0.6) is 0 Å². The third-order valence-corrected chi connectivity index (χ3v) is 7.51. The monoisotopic (exact) mass is 490 g/mol. The van der Waals surface area contributed by atoms with Crippen LogP contribution in [0.1, 0.15) is 46.9 Å². The fraction of sp³-hybridized carbons (Fsp3) is 0.233. The molecule has 2 aliphatic rings. The molecule has 0 aromatic heterocycles. The Morgan fingerprint density at radius 3 is 2.38 bits per heavy atom. The number of hydrogen-bond donors (Lipinski definition) is 1. The lowest BCUT2D eigenvalue weighted by molar-refractivity contribution is -0.384. The average molecular weight is 491 g/mol. The van der Waals surface area contributed by atoms with Crippen LogP contribution in [-0.4, -0.2) is 16.5 Å². The Labute approximate surface area is 215 Å². The first kappa shape index (κ1) is 24.1. The standard InChI is InChI=1S/C30H26N4O3/c1-18-8-6-7-11-23(18)28-24(17-31)30(32)33(25-16-22(34(36)37)13-12-19(25)2)26-14-21(15-27(35)29(26)28)20-9-4-3-5-10-20/h3-13,16,21,24,28,32H,14-15H2,1-2H3. The second-order valence-corrected chi connectivity index (χ2v) is 9.69. The van der Waals surface area contributed by atoms with Gasteiger partial charge in [-0.1, -0.05) is 60.7 Å². The van der Waals surface area contributed by atoms with Gasteiger partial charge in [0.05, 0.1) is 16.7 Å². The summed E-state index contributed by atoms with van der Waals surface area (Å²) in [6, 6.07) is 24.3. The van der Waals surface area contributed by atoms with Gasteiger partial charge in [0.1, 0.15) is 11.8 Å². The molecule has 0 saturated heterocycles. The Morgan fingerprint density at radius 1 is 1.00 bits per heavy atom. The maximum atomic E-state index is 13.9. The van der Waals surface area contributed by atoms with Crippen molar-refractivity contribution in [2.75, 3.05) is 4.90 Å². The van der Waals surface area contributed by atoms with Gasteiger partial charge in [0, 0.05) is 35.7 Å². The number of nitrogens with zero attached hydrogens (tertiary/aromatic N) is 3. The normalized spacial score (nSPS) is 21.4. The van der Waals surface area contributed by atoms with Gasteiger partial charge in [0.25, 0.3) is 5.69 Å². The van der Waals surface area contributed by atoms with E-state index < -0.39 is 16.8 Å². The van der Waals surface area contributed by atoms with Crippen LogP contribution in [0.2, 0.25) is 0 Å². The highest BCUT2D eigenvalue weighted by Gasteiger charge is 2.47. The van der Waals surface area contributed by atoms with Crippen molar-refractivity contribution in [3.8, 4) is 6.07 Å². The predicted molar refractivity (Wildman–Crippen MR) is 142 cm³/mol. The summed E-state index contributed by atoms with van der Waals surface area (Å²) >= 11 is 0. The lowest BCUT2D eigenvalue weighted by Crippen LogP contribution is -2.47. The van der Waals surface area contributed by atoms with Crippen LogP contribution in [0.15, 0.2) is 84.1 Å². The zero-order valence-electron chi connectivity index (χ0n) is 20.6. The Kier molecular flexibility index (Phi) is 6.18. The van der Waals surface area contributed by atoms with Crippen molar-refractivity contribution in [3.05, 3.63) is 116 Å². The smallest absolute Gasteiger partial charge is 0.271 e. The molecular formula is C30H26N4O3. The first-order valence-electron chi connectivity index (χ1n) is 12.2. The van der Waals surface area contributed by atoms with E-state index in [1.54, 1.807) is 11.0 Å². The Balaban J connectivity index is 1.78. The van der Waals surface area contributed by atoms with Crippen molar-refractivity contribution >= 4 is 23.0 Å². The number of carbonyl (C=O) groups excluding carboxylic acids is 1. The number of non-ortho nitro benzene ring substituents is 1. The van der Waals surface area contributed by atoms with E-state index in [4.69, 9.17) is 0 Å². The molecule has 184 valence electrons. The summed E-state index contributed by atoms with van der Waals surface area (Å²) in [6.45, 7) is 3.77. The fourth-order valence-electron chi connectivity index (χ4n) is 5.68. The number of aryl methyl sites for hydroxylation is 2. The molecule has 0 bridgehead atoms. The molecule has 3 aromatic carbocycles. The summed E-state index contributed by atoms with van der Waals surface area (Å²) in [7, 11) is 0. The molecule has 1 aliphatic carbocycles. The third kappa shape index (κ3) is 4.11. The number of carbonyl (C=O) groups is 1. The van der Waals surface area contributed by atoms with E-state index in [0.29, 0.717) is 29.8 Å².